The van der Waals surface area contributed by atoms with Crippen molar-refractivity contribution in [3.63, 3.8) is 0 Å². The zero-order valence-electron chi connectivity index (χ0n) is 11.1. The van der Waals surface area contributed by atoms with Crippen molar-refractivity contribution in [2.75, 3.05) is 24.2 Å². The zero-order chi connectivity index (χ0) is 13.9. The number of hydrogen-bond acceptors (Lipinski definition) is 4. The molecule has 5 heteroatoms. The van der Waals surface area contributed by atoms with Gasteiger partial charge in [0, 0.05) is 31.0 Å². The molecule has 0 radical (unpaired) electrons. The lowest BCUT2D eigenvalue weighted by Gasteiger charge is -2.32. The molecule has 19 heavy (non-hydrogen) atoms. The second-order valence-corrected chi connectivity index (χ2v) is 7.36. The molecule has 1 atom stereocenters. The van der Waals surface area contributed by atoms with Crippen LogP contribution in [-0.4, -0.2) is 34.0 Å². The highest BCUT2D eigenvalue weighted by Crippen LogP contribution is 2.23. The molecule has 0 N–H and O–H groups in total. The summed E-state index contributed by atoms with van der Waals surface area (Å²) in [7, 11) is -2.99. The van der Waals surface area contributed by atoms with Crippen molar-refractivity contribution in [1.29, 1.82) is 0 Å². The van der Waals surface area contributed by atoms with Crippen LogP contribution in [0.2, 0.25) is 0 Å². The van der Waals surface area contributed by atoms with Gasteiger partial charge in [0.2, 0.25) is 0 Å². The summed E-state index contributed by atoms with van der Waals surface area (Å²) >= 11 is 0. The van der Waals surface area contributed by atoms with Crippen molar-refractivity contribution in [1.82, 2.24) is 0 Å². The van der Waals surface area contributed by atoms with Gasteiger partial charge in [-0.1, -0.05) is 12.1 Å². The van der Waals surface area contributed by atoms with Gasteiger partial charge in [0.25, 0.3) is 0 Å². The van der Waals surface area contributed by atoms with Gasteiger partial charge in [-0.15, -0.1) is 0 Å². The van der Waals surface area contributed by atoms with Crippen molar-refractivity contribution in [3.8, 4) is 0 Å². The SMILES string of the molecule is CS(=O)(=O)Cc1ccc(N2CCCC(C=O)C2)cc1. The molecule has 1 heterocycles. The van der Waals surface area contributed by atoms with Crippen LogP contribution in [0.4, 0.5) is 5.69 Å². The lowest BCUT2D eigenvalue weighted by atomic mass is 9.99. The molecule has 0 spiro atoms. The highest BCUT2D eigenvalue weighted by molar-refractivity contribution is 7.89. The standard InChI is InChI=1S/C14H19NO3S/c1-19(17,18)11-12-4-6-14(7-5-12)15-8-2-3-13(9-15)10-16/h4-7,10,13H,2-3,8-9,11H2,1H3. The minimum Gasteiger partial charge on any atom is -0.371 e. The van der Waals surface area contributed by atoms with E-state index in [1.807, 2.05) is 24.3 Å². The topological polar surface area (TPSA) is 54.5 Å². The van der Waals surface area contributed by atoms with E-state index in [1.165, 1.54) is 6.26 Å². The van der Waals surface area contributed by atoms with Crippen LogP contribution in [0.25, 0.3) is 0 Å². The molecule has 0 aromatic heterocycles. The lowest BCUT2D eigenvalue weighted by molar-refractivity contribution is -0.111. The summed E-state index contributed by atoms with van der Waals surface area (Å²) in [4.78, 5) is 13.0. The maximum absolute atomic E-state index is 11.2. The Morgan fingerprint density at radius 3 is 2.58 bits per heavy atom. The molecule has 1 aromatic carbocycles. The van der Waals surface area contributed by atoms with Crippen LogP contribution in [-0.2, 0) is 20.4 Å². The number of carbonyl (C=O) groups excluding carboxylic acids is 1. The summed E-state index contributed by atoms with van der Waals surface area (Å²) in [6.07, 6.45) is 4.26. The molecule has 0 saturated carbocycles. The Hall–Kier alpha value is -1.36. The Morgan fingerprint density at radius 2 is 2.00 bits per heavy atom. The van der Waals surface area contributed by atoms with Gasteiger partial charge < -0.3 is 9.69 Å². The molecule has 1 aromatic rings. The Morgan fingerprint density at radius 1 is 1.32 bits per heavy atom. The number of sulfone groups is 1. The average molecular weight is 281 g/mol. The van der Waals surface area contributed by atoms with Crippen molar-refractivity contribution in [2.24, 2.45) is 5.92 Å². The molecule has 1 unspecified atom stereocenters. The van der Waals surface area contributed by atoms with Crippen LogP contribution in [0.15, 0.2) is 24.3 Å². The molecule has 1 aliphatic heterocycles. The molecule has 104 valence electrons. The molecule has 4 nitrogen and oxygen atoms in total. The monoisotopic (exact) mass is 281 g/mol. The van der Waals surface area contributed by atoms with Crippen LogP contribution in [0.5, 0.6) is 0 Å². The van der Waals surface area contributed by atoms with Gasteiger partial charge >= 0.3 is 0 Å². The predicted molar refractivity (Wildman–Crippen MR) is 76.0 cm³/mol. The Balaban J connectivity index is 2.07. The quantitative estimate of drug-likeness (QED) is 0.787. The van der Waals surface area contributed by atoms with E-state index in [0.29, 0.717) is 0 Å². The van der Waals surface area contributed by atoms with Gasteiger partial charge in [-0.3, -0.25) is 0 Å². The Labute approximate surface area is 114 Å². The Bertz CT molecular complexity index is 536. The number of benzene rings is 1. The summed E-state index contributed by atoms with van der Waals surface area (Å²) in [6, 6.07) is 7.57. The minimum atomic E-state index is -2.99. The first-order valence-corrected chi connectivity index (χ1v) is 8.51. The van der Waals surface area contributed by atoms with Crippen molar-refractivity contribution in [2.45, 2.75) is 18.6 Å². The third-order valence-electron chi connectivity index (χ3n) is 3.38. The zero-order valence-corrected chi connectivity index (χ0v) is 11.9. The van der Waals surface area contributed by atoms with E-state index in [-0.39, 0.29) is 11.7 Å². The maximum Gasteiger partial charge on any atom is 0.151 e. The van der Waals surface area contributed by atoms with Crippen molar-refractivity contribution in [3.05, 3.63) is 29.8 Å². The van der Waals surface area contributed by atoms with Gasteiger partial charge in [0.15, 0.2) is 9.84 Å². The first-order valence-electron chi connectivity index (χ1n) is 6.45. The summed E-state index contributed by atoms with van der Waals surface area (Å²) in [5.74, 6) is 0.189. The second kappa shape index (κ2) is 5.74. The number of rotatable bonds is 4. The van der Waals surface area contributed by atoms with E-state index in [1.54, 1.807) is 0 Å². The minimum absolute atomic E-state index is 0.0737. The predicted octanol–water partition coefficient (Wildman–Crippen LogP) is 1.65. The van der Waals surface area contributed by atoms with Crippen LogP contribution < -0.4 is 4.90 Å². The number of hydrogen-bond donors (Lipinski definition) is 0. The van der Waals surface area contributed by atoms with Gasteiger partial charge in [0.05, 0.1) is 5.75 Å². The summed E-state index contributed by atoms with van der Waals surface area (Å²) in [6.45, 7) is 1.71. The summed E-state index contributed by atoms with van der Waals surface area (Å²) < 4.78 is 22.4. The molecule has 1 fully saturated rings. The molecule has 1 saturated heterocycles. The third-order valence-corrected chi connectivity index (χ3v) is 4.24. The highest BCUT2D eigenvalue weighted by atomic mass is 32.2. The van der Waals surface area contributed by atoms with E-state index in [0.717, 1.165) is 43.5 Å². The smallest absolute Gasteiger partial charge is 0.151 e. The fraction of sp³-hybridized carbons (Fsp3) is 0.500. The Kier molecular flexibility index (Phi) is 4.24. The highest BCUT2D eigenvalue weighted by Gasteiger charge is 2.19. The number of carbonyl (C=O) groups is 1. The van der Waals surface area contributed by atoms with Gasteiger partial charge in [-0.25, -0.2) is 8.42 Å². The molecule has 2 rings (SSSR count). The van der Waals surface area contributed by atoms with Gasteiger partial charge in [-0.2, -0.15) is 0 Å². The fourth-order valence-electron chi connectivity index (χ4n) is 2.46. The third kappa shape index (κ3) is 4.06. The van der Waals surface area contributed by atoms with E-state index < -0.39 is 9.84 Å². The summed E-state index contributed by atoms with van der Waals surface area (Å²) in [5, 5.41) is 0. The van der Waals surface area contributed by atoms with E-state index in [2.05, 4.69) is 4.90 Å². The van der Waals surface area contributed by atoms with Crippen LogP contribution in [0.1, 0.15) is 18.4 Å². The molecular weight excluding hydrogens is 262 g/mol. The molecular formula is C14H19NO3S. The molecule has 0 aliphatic carbocycles. The van der Waals surface area contributed by atoms with E-state index in [9.17, 15) is 13.2 Å². The first kappa shape index (κ1) is 14.1. The number of nitrogens with zero attached hydrogens (tertiary/aromatic N) is 1. The van der Waals surface area contributed by atoms with Gasteiger partial charge in [-0.05, 0) is 30.5 Å². The van der Waals surface area contributed by atoms with E-state index >= 15 is 0 Å². The molecule has 0 bridgehead atoms. The van der Waals surface area contributed by atoms with Crippen molar-refractivity contribution >= 4 is 21.8 Å². The normalized spacial score (nSPS) is 20.3. The van der Waals surface area contributed by atoms with Crippen LogP contribution in [0.3, 0.4) is 0 Å². The van der Waals surface area contributed by atoms with Crippen LogP contribution >= 0.6 is 0 Å². The average Bonchev–Trinajstić information content (AvgIpc) is 2.38. The maximum atomic E-state index is 11.2. The summed E-state index contributed by atoms with van der Waals surface area (Å²) in [5.41, 5.74) is 1.86. The van der Waals surface area contributed by atoms with Crippen molar-refractivity contribution < 1.29 is 13.2 Å². The van der Waals surface area contributed by atoms with E-state index in [4.69, 9.17) is 0 Å². The first-order chi connectivity index (χ1) is 8.98. The second-order valence-electron chi connectivity index (χ2n) is 5.22. The number of anilines is 1. The molecule has 1 aliphatic rings. The fourth-order valence-corrected chi connectivity index (χ4v) is 3.26. The largest absolute Gasteiger partial charge is 0.371 e. The number of piperidine rings is 1. The number of aldehydes is 1. The van der Waals surface area contributed by atoms with Crippen LogP contribution in [0, 0.1) is 5.92 Å². The lowest BCUT2D eigenvalue weighted by Crippen LogP contribution is -2.35. The van der Waals surface area contributed by atoms with Gasteiger partial charge in [0.1, 0.15) is 6.29 Å². The molecule has 0 amide bonds.